The van der Waals surface area contributed by atoms with Crippen LogP contribution in [0.3, 0.4) is 0 Å². The van der Waals surface area contributed by atoms with Crippen molar-refractivity contribution >= 4 is 22.9 Å². The molecule has 3 heterocycles. The number of halogens is 3. The van der Waals surface area contributed by atoms with Crippen LogP contribution in [0.1, 0.15) is 17.5 Å². The summed E-state index contributed by atoms with van der Waals surface area (Å²) in [6.45, 7) is 0.940. The van der Waals surface area contributed by atoms with Gasteiger partial charge >= 0.3 is 6.36 Å². The molecule has 2 aromatic carbocycles. The van der Waals surface area contributed by atoms with E-state index in [-0.39, 0.29) is 5.75 Å². The molecule has 0 atom stereocenters. The van der Waals surface area contributed by atoms with Crippen LogP contribution in [-0.4, -0.2) is 22.9 Å². The summed E-state index contributed by atoms with van der Waals surface area (Å²) in [6, 6.07) is 12.3. The van der Waals surface area contributed by atoms with E-state index in [9.17, 15) is 13.2 Å². The second kappa shape index (κ2) is 7.09. The van der Waals surface area contributed by atoms with E-state index in [2.05, 4.69) is 26.8 Å². The van der Waals surface area contributed by atoms with Crippen molar-refractivity contribution in [1.29, 1.82) is 0 Å². The number of pyridine rings is 1. The fourth-order valence-electron chi connectivity index (χ4n) is 4.23. The van der Waals surface area contributed by atoms with E-state index in [0.717, 1.165) is 53.0 Å². The Bertz CT molecular complexity index is 1140. The Balaban J connectivity index is 1.47. The molecule has 5 rings (SSSR count). The van der Waals surface area contributed by atoms with Crippen LogP contribution in [0.15, 0.2) is 54.9 Å². The van der Waals surface area contributed by atoms with E-state index < -0.39 is 6.36 Å². The van der Waals surface area contributed by atoms with E-state index >= 15 is 0 Å². The van der Waals surface area contributed by atoms with Crippen LogP contribution in [-0.2, 0) is 12.8 Å². The van der Waals surface area contributed by atoms with Gasteiger partial charge in [0.2, 0.25) is 0 Å². The van der Waals surface area contributed by atoms with Crippen LogP contribution < -0.4 is 9.64 Å². The van der Waals surface area contributed by atoms with Crippen molar-refractivity contribution in [3.05, 3.63) is 66.0 Å². The minimum atomic E-state index is -4.70. The molecular formula is C23H17F3N2OS. The molecule has 0 bridgehead atoms. The van der Waals surface area contributed by atoms with Crippen LogP contribution in [0.5, 0.6) is 5.75 Å². The highest BCUT2D eigenvalue weighted by molar-refractivity contribution is 7.80. The maximum absolute atomic E-state index is 12.4. The molecule has 3 nitrogen and oxygen atoms in total. The number of aromatic nitrogens is 1. The third kappa shape index (κ3) is 3.54. The van der Waals surface area contributed by atoms with E-state index in [1.165, 1.54) is 28.9 Å². The fraction of sp³-hybridized carbons (Fsp3) is 0.217. The molecule has 2 aliphatic rings. The number of hydrogen-bond acceptors (Lipinski definition) is 3. The number of rotatable bonds is 3. The molecule has 7 heteroatoms. The van der Waals surface area contributed by atoms with Gasteiger partial charge in [-0.25, -0.2) is 0 Å². The van der Waals surface area contributed by atoms with E-state index in [1.54, 1.807) is 18.3 Å². The molecule has 1 aromatic heterocycles. The second-order valence-corrected chi connectivity index (χ2v) is 7.94. The van der Waals surface area contributed by atoms with Gasteiger partial charge in [0.15, 0.2) is 0 Å². The predicted octanol–water partition coefficient (Wildman–Crippen LogP) is 5.95. The quantitative estimate of drug-likeness (QED) is 0.483. The summed E-state index contributed by atoms with van der Waals surface area (Å²) >= 11 is 5.52. The number of hydrogen-bond donors (Lipinski definition) is 0. The van der Waals surface area contributed by atoms with Crippen molar-refractivity contribution in [2.45, 2.75) is 25.6 Å². The number of ether oxygens (including phenoxy) is 1. The van der Waals surface area contributed by atoms with Gasteiger partial charge in [-0.05, 0) is 65.4 Å². The average molecular weight is 426 g/mol. The number of anilines is 1. The maximum Gasteiger partial charge on any atom is 0.573 e. The highest BCUT2D eigenvalue weighted by Crippen LogP contribution is 2.40. The van der Waals surface area contributed by atoms with Gasteiger partial charge in [-0.15, -0.1) is 13.2 Å². The highest BCUT2D eigenvalue weighted by Gasteiger charge is 2.31. The summed E-state index contributed by atoms with van der Waals surface area (Å²) in [5.41, 5.74) is 7.59. The van der Waals surface area contributed by atoms with Gasteiger partial charge in [0.05, 0.1) is 4.99 Å². The first-order valence-electron chi connectivity index (χ1n) is 9.65. The van der Waals surface area contributed by atoms with E-state index in [4.69, 9.17) is 12.2 Å². The van der Waals surface area contributed by atoms with E-state index in [1.807, 2.05) is 12.3 Å². The van der Waals surface area contributed by atoms with Crippen LogP contribution in [0.2, 0.25) is 0 Å². The summed E-state index contributed by atoms with van der Waals surface area (Å²) in [7, 11) is 0. The summed E-state index contributed by atoms with van der Waals surface area (Å²) < 4.78 is 41.1. The zero-order valence-electron chi connectivity index (χ0n) is 15.9. The zero-order chi connectivity index (χ0) is 20.9. The zero-order valence-corrected chi connectivity index (χ0v) is 16.7. The van der Waals surface area contributed by atoms with Crippen molar-refractivity contribution in [2.24, 2.45) is 0 Å². The molecule has 3 aromatic rings. The smallest absolute Gasteiger partial charge is 0.406 e. The maximum atomic E-state index is 12.4. The Labute approximate surface area is 177 Å². The molecule has 0 radical (unpaired) electrons. The van der Waals surface area contributed by atoms with Crippen LogP contribution in [0, 0.1) is 0 Å². The normalized spacial score (nSPS) is 15.3. The number of alkyl halides is 3. The van der Waals surface area contributed by atoms with Crippen LogP contribution in [0.25, 0.3) is 22.3 Å². The first-order valence-corrected chi connectivity index (χ1v) is 10.1. The molecule has 0 spiro atoms. The standard InChI is InChI=1S/C23H17F3N2OS/c24-23(25,26)29-20-4-1-14(2-5-20)18-11-19(13-27-12-18)17-9-15-3-6-21(30)28-8-7-16(10-17)22(15)28/h1-2,4-5,9-13H,3,6-8H2. The summed E-state index contributed by atoms with van der Waals surface area (Å²) in [4.78, 5) is 7.65. The molecule has 2 aliphatic heterocycles. The summed E-state index contributed by atoms with van der Waals surface area (Å²) in [5.74, 6) is -0.240. The molecule has 0 unspecified atom stereocenters. The molecule has 152 valence electrons. The Morgan fingerprint density at radius 3 is 2.20 bits per heavy atom. The van der Waals surface area contributed by atoms with Crippen molar-refractivity contribution in [3.8, 4) is 28.0 Å². The number of nitrogens with zero attached hydrogens (tertiary/aromatic N) is 2. The fourth-order valence-corrected chi connectivity index (χ4v) is 4.51. The number of benzene rings is 2. The minimum Gasteiger partial charge on any atom is -0.406 e. The van der Waals surface area contributed by atoms with Crippen molar-refractivity contribution in [1.82, 2.24) is 4.98 Å². The Hall–Kier alpha value is -2.93. The molecule has 0 N–H and O–H groups in total. The third-order valence-corrected chi connectivity index (χ3v) is 5.97. The Morgan fingerprint density at radius 1 is 0.833 bits per heavy atom. The molecule has 0 saturated heterocycles. The second-order valence-electron chi connectivity index (χ2n) is 7.47. The monoisotopic (exact) mass is 426 g/mol. The van der Waals surface area contributed by atoms with Gasteiger partial charge in [-0.1, -0.05) is 24.4 Å². The largest absolute Gasteiger partial charge is 0.573 e. The van der Waals surface area contributed by atoms with Gasteiger partial charge in [0, 0.05) is 42.2 Å². The molecule has 30 heavy (non-hydrogen) atoms. The lowest BCUT2D eigenvalue weighted by Gasteiger charge is -2.28. The predicted molar refractivity (Wildman–Crippen MR) is 114 cm³/mol. The summed E-state index contributed by atoms with van der Waals surface area (Å²) in [6.07, 6.45) is 1.65. The van der Waals surface area contributed by atoms with Gasteiger partial charge in [-0.3, -0.25) is 4.98 Å². The molecule has 0 saturated carbocycles. The SMILES string of the molecule is FC(F)(F)Oc1ccc(-c2cncc(-c3cc4c5c(c3)CCN5C(=S)CC4)c2)cc1. The topological polar surface area (TPSA) is 25.4 Å². The minimum absolute atomic E-state index is 0.240. The van der Waals surface area contributed by atoms with Crippen molar-refractivity contribution in [2.75, 3.05) is 11.4 Å². The molecule has 0 fully saturated rings. The van der Waals surface area contributed by atoms with Gasteiger partial charge in [0.1, 0.15) is 5.75 Å². The lowest BCUT2D eigenvalue weighted by Crippen LogP contribution is -2.31. The first-order chi connectivity index (χ1) is 14.4. The first kappa shape index (κ1) is 19.1. The van der Waals surface area contributed by atoms with Crippen molar-refractivity contribution < 1.29 is 17.9 Å². The molecular weight excluding hydrogens is 409 g/mol. The molecule has 0 amide bonds. The number of aryl methyl sites for hydroxylation is 1. The van der Waals surface area contributed by atoms with Gasteiger partial charge in [0.25, 0.3) is 0 Å². The average Bonchev–Trinajstić information content (AvgIpc) is 3.16. The lowest BCUT2D eigenvalue weighted by molar-refractivity contribution is -0.274. The highest BCUT2D eigenvalue weighted by atomic mass is 32.1. The molecule has 0 aliphatic carbocycles. The Morgan fingerprint density at radius 2 is 1.50 bits per heavy atom. The van der Waals surface area contributed by atoms with Crippen molar-refractivity contribution in [3.63, 3.8) is 0 Å². The van der Waals surface area contributed by atoms with Gasteiger partial charge in [-0.2, -0.15) is 0 Å². The van der Waals surface area contributed by atoms with Gasteiger partial charge < -0.3 is 9.64 Å². The Kier molecular flexibility index (Phi) is 4.50. The van der Waals surface area contributed by atoms with E-state index in [0.29, 0.717) is 0 Å². The third-order valence-electron chi connectivity index (χ3n) is 5.54. The summed E-state index contributed by atoms with van der Waals surface area (Å²) in [5, 5.41) is 0. The lowest BCUT2D eigenvalue weighted by atomic mass is 9.93. The number of thiocarbonyl (C=S) groups is 1. The van der Waals surface area contributed by atoms with Crippen LogP contribution >= 0.6 is 12.2 Å². The van der Waals surface area contributed by atoms with Crippen LogP contribution in [0.4, 0.5) is 18.9 Å².